The minimum absolute atomic E-state index is 0.119. The Hall–Kier alpha value is -2.31. The summed E-state index contributed by atoms with van der Waals surface area (Å²) in [6.45, 7) is 2.00. The molecule has 0 fully saturated rings. The average Bonchev–Trinajstić information content (AvgIpc) is 3.01. The molecule has 0 saturated heterocycles. The maximum absolute atomic E-state index is 12.8. The van der Waals surface area contributed by atoms with Crippen LogP contribution in [0.15, 0.2) is 68.9 Å². The highest BCUT2D eigenvalue weighted by Gasteiger charge is 2.29. The predicted molar refractivity (Wildman–Crippen MR) is 90.0 cm³/mol. The van der Waals surface area contributed by atoms with E-state index in [9.17, 15) is 8.42 Å². The van der Waals surface area contributed by atoms with E-state index in [0.717, 1.165) is 0 Å². The van der Waals surface area contributed by atoms with Gasteiger partial charge < -0.3 is 9.15 Å². The van der Waals surface area contributed by atoms with Crippen molar-refractivity contribution in [1.29, 1.82) is 0 Å². The molecule has 3 rings (SSSR count). The van der Waals surface area contributed by atoms with Gasteiger partial charge in [0.2, 0.25) is 20.8 Å². The molecule has 0 aliphatic carbocycles. The van der Waals surface area contributed by atoms with E-state index in [1.807, 2.05) is 0 Å². The number of nitrogens with zero attached hydrogens (tertiary/aromatic N) is 1. The van der Waals surface area contributed by atoms with Crippen LogP contribution in [0.5, 0.6) is 5.95 Å². The summed E-state index contributed by atoms with van der Waals surface area (Å²) in [7, 11) is -3.84. The van der Waals surface area contributed by atoms with Gasteiger partial charge in [0.05, 0.1) is 11.5 Å². The molecule has 1 aromatic heterocycles. The van der Waals surface area contributed by atoms with Gasteiger partial charge in [0, 0.05) is 10.6 Å². The zero-order valence-corrected chi connectivity index (χ0v) is 14.3. The van der Waals surface area contributed by atoms with Crippen LogP contribution in [0.2, 0.25) is 5.02 Å². The van der Waals surface area contributed by atoms with E-state index in [4.69, 9.17) is 20.8 Å². The van der Waals surface area contributed by atoms with E-state index in [-0.39, 0.29) is 28.4 Å². The van der Waals surface area contributed by atoms with E-state index in [2.05, 4.69) is 4.98 Å². The maximum Gasteiger partial charge on any atom is 0.325 e. The molecule has 24 heavy (non-hydrogen) atoms. The second kappa shape index (κ2) is 6.67. The molecule has 0 aliphatic rings. The smallest absolute Gasteiger partial charge is 0.325 e. The van der Waals surface area contributed by atoms with Gasteiger partial charge in [0.15, 0.2) is 0 Å². The number of aromatic nitrogens is 1. The lowest BCUT2D eigenvalue weighted by molar-refractivity contribution is 0.251. The molecule has 2 aromatic carbocycles. The number of sulfone groups is 1. The van der Waals surface area contributed by atoms with Gasteiger partial charge in [0.1, 0.15) is 0 Å². The summed E-state index contributed by atoms with van der Waals surface area (Å²) in [5, 5.41) is 0.327. The first-order valence-corrected chi connectivity index (χ1v) is 9.08. The summed E-state index contributed by atoms with van der Waals surface area (Å²) in [4.78, 5) is 4.28. The molecule has 5 nitrogen and oxygen atoms in total. The van der Waals surface area contributed by atoms with Gasteiger partial charge in [0.25, 0.3) is 0 Å². The van der Waals surface area contributed by atoms with Crippen molar-refractivity contribution >= 4 is 21.4 Å². The maximum atomic E-state index is 12.8. The van der Waals surface area contributed by atoms with Gasteiger partial charge in [-0.1, -0.05) is 29.8 Å². The van der Waals surface area contributed by atoms with Gasteiger partial charge in [-0.25, -0.2) is 8.42 Å². The van der Waals surface area contributed by atoms with Crippen LogP contribution in [-0.2, 0) is 9.84 Å². The topological polar surface area (TPSA) is 69.4 Å². The SMILES string of the molecule is CCOc1oc(-c2ccc(Cl)cc2)nc1S(=O)(=O)c1ccccc1. The van der Waals surface area contributed by atoms with Crippen LogP contribution in [0.4, 0.5) is 0 Å². The van der Waals surface area contributed by atoms with Crippen molar-refractivity contribution in [1.82, 2.24) is 4.98 Å². The lowest BCUT2D eigenvalue weighted by atomic mass is 10.2. The first kappa shape index (κ1) is 16.5. The summed E-state index contributed by atoms with van der Waals surface area (Å²) >= 11 is 5.87. The van der Waals surface area contributed by atoms with E-state index >= 15 is 0 Å². The van der Waals surface area contributed by atoms with Crippen molar-refractivity contribution in [3.8, 4) is 17.4 Å². The van der Waals surface area contributed by atoms with Crippen LogP contribution in [0.1, 0.15) is 6.92 Å². The lowest BCUT2D eigenvalue weighted by Crippen LogP contribution is -2.05. The van der Waals surface area contributed by atoms with E-state index in [1.165, 1.54) is 12.1 Å². The molecule has 0 bridgehead atoms. The molecule has 0 radical (unpaired) electrons. The number of hydrogen-bond acceptors (Lipinski definition) is 5. The molecule has 0 atom stereocenters. The molecule has 7 heteroatoms. The summed E-state index contributed by atoms with van der Waals surface area (Å²) < 4.78 is 36.5. The Morgan fingerprint density at radius 2 is 1.75 bits per heavy atom. The Morgan fingerprint density at radius 1 is 1.08 bits per heavy atom. The fraction of sp³-hybridized carbons (Fsp3) is 0.118. The molecular weight excluding hydrogens is 350 g/mol. The predicted octanol–water partition coefficient (Wildman–Crippen LogP) is 4.23. The second-order valence-electron chi connectivity index (χ2n) is 4.87. The number of hydrogen-bond donors (Lipinski definition) is 0. The molecule has 0 aliphatic heterocycles. The molecule has 0 spiro atoms. The molecule has 1 heterocycles. The van der Waals surface area contributed by atoms with Crippen LogP contribution in [0.3, 0.4) is 0 Å². The van der Waals surface area contributed by atoms with E-state index in [1.54, 1.807) is 49.4 Å². The third kappa shape index (κ3) is 3.16. The zero-order valence-electron chi connectivity index (χ0n) is 12.8. The fourth-order valence-electron chi connectivity index (χ4n) is 2.11. The largest absolute Gasteiger partial charge is 0.463 e. The number of benzene rings is 2. The van der Waals surface area contributed by atoms with Crippen molar-refractivity contribution in [3.63, 3.8) is 0 Å². The number of ether oxygens (including phenoxy) is 1. The van der Waals surface area contributed by atoms with Crippen LogP contribution >= 0.6 is 11.6 Å². The average molecular weight is 364 g/mol. The quantitative estimate of drug-likeness (QED) is 0.678. The first-order valence-electron chi connectivity index (χ1n) is 7.22. The summed E-state index contributed by atoms with van der Waals surface area (Å²) in [6, 6.07) is 14.8. The Balaban J connectivity index is 2.12. The van der Waals surface area contributed by atoms with Crippen LogP contribution < -0.4 is 4.74 Å². The van der Waals surface area contributed by atoms with Gasteiger partial charge in [-0.15, -0.1) is 0 Å². The fourth-order valence-corrected chi connectivity index (χ4v) is 3.50. The van der Waals surface area contributed by atoms with Gasteiger partial charge >= 0.3 is 5.95 Å². The van der Waals surface area contributed by atoms with Crippen molar-refractivity contribution in [2.24, 2.45) is 0 Å². The van der Waals surface area contributed by atoms with E-state index in [0.29, 0.717) is 10.6 Å². The Bertz CT molecular complexity index is 934. The zero-order chi connectivity index (χ0) is 17.2. The summed E-state index contributed by atoms with van der Waals surface area (Å²) in [5.74, 6) is 0.0379. The molecular formula is C17H14ClNO4S. The minimum atomic E-state index is -3.84. The molecule has 3 aromatic rings. The normalized spacial score (nSPS) is 11.4. The van der Waals surface area contributed by atoms with Gasteiger partial charge in [-0.2, -0.15) is 4.98 Å². The Labute approximate surface area is 144 Å². The van der Waals surface area contributed by atoms with Crippen LogP contribution in [0.25, 0.3) is 11.5 Å². The highest BCUT2D eigenvalue weighted by molar-refractivity contribution is 7.91. The van der Waals surface area contributed by atoms with Crippen molar-refractivity contribution in [3.05, 3.63) is 59.6 Å². The van der Waals surface area contributed by atoms with Crippen LogP contribution in [0, 0.1) is 0 Å². The summed E-state index contributed by atoms with van der Waals surface area (Å²) in [6.07, 6.45) is 0. The van der Waals surface area contributed by atoms with Crippen LogP contribution in [-0.4, -0.2) is 20.0 Å². The van der Waals surface area contributed by atoms with Crippen molar-refractivity contribution in [2.45, 2.75) is 16.8 Å². The van der Waals surface area contributed by atoms with Crippen molar-refractivity contribution in [2.75, 3.05) is 6.61 Å². The number of rotatable bonds is 5. The highest BCUT2D eigenvalue weighted by atomic mass is 35.5. The van der Waals surface area contributed by atoms with Crippen molar-refractivity contribution < 1.29 is 17.6 Å². The number of oxazole rings is 1. The van der Waals surface area contributed by atoms with Gasteiger partial charge in [-0.05, 0) is 43.3 Å². The summed E-state index contributed by atoms with van der Waals surface area (Å²) in [5.41, 5.74) is 0.606. The molecule has 0 N–H and O–H groups in total. The molecule has 0 saturated carbocycles. The molecule has 124 valence electrons. The first-order chi connectivity index (χ1) is 11.5. The minimum Gasteiger partial charge on any atom is -0.463 e. The number of halogens is 1. The lowest BCUT2D eigenvalue weighted by Gasteiger charge is -2.03. The highest BCUT2D eigenvalue weighted by Crippen LogP contribution is 2.34. The second-order valence-corrected chi connectivity index (χ2v) is 7.17. The standard InChI is InChI=1S/C17H14ClNO4S/c1-2-22-17-16(24(20,21)14-6-4-3-5-7-14)19-15(23-17)12-8-10-13(18)11-9-12/h3-11H,2H2,1H3. The monoisotopic (exact) mass is 363 g/mol. The van der Waals surface area contributed by atoms with E-state index < -0.39 is 9.84 Å². The Morgan fingerprint density at radius 3 is 2.38 bits per heavy atom. The molecule has 0 unspecified atom stereocenters. The van der Waals surface area contributed by atoms with Gasteiger partial charge in [-0.3, -0.25) is 0 Å². The third-order valence-electron chi connectivity index (χ3n) is 3.24. The Kier molecular flexibility index (Phi) is 4.59. The molecule has 0 amide bonds. The third-order valence-corrected chi connectivity index (χ3v) is 5.15.